The maximum atomic E-state index is 9.64. The number of phenols is 1. The lowest BCUT2D eigenvalue weighted by atomic mass is 10.1. The highest BCUT2D eigenvalue weighted by Crippen LogP contribution is 2.44. The third kappa shape index (κ3) is 2.31. The molecule has 3 rings (SSSR count). The highest BCUT2D eigenvalue weighted by Gasteiger charge is 2.29. The van der Waals surface area contributed by atoms with Crippen LogP contribution in [0.4, 0.5) is 5.82 Å². The van der Waals surface area contributed by atoms with Crippen LogP contribution in [0.5, 0.6) is 11.5 Å². The number of aromatic hydroxyl groups is 1. The molecule has 5 nitrogen and oxygen atoms in total. The predicted molar refractivity (Wildman–Crippen MR) is 79.8 cm³/mol. The number of nitrogens with zero attached hydrogens (tertiary/aromatic N) is 2. The van der Waals surface area contributed by atoms with E-state index >= 15 is 0 Å². The molecule has 1 aromatic heterocycles. The highest BCUT2D eigenvalue weighted by atomic mass is 79.9. The van der Waals surface area contributed by atoms with Gasteiger partial charge in [-0.1, -0.05) is 0 Å². The Hall–Kier alpha value is -1.82. The number of nitrogens with two attached hydrogens (primary N) is 1. The van der Waals surface area contributed by atoms with Crippen molar-refractivity contribution in [2.45, 2.75) is 18.8 Å². The van der Waals surface area contributed by atoms with Gasteiger partial charge in [0.1, 0.15) is 5.82 Å². The van der Waals surface area contributed by atoms with E-state index in [0.29, 0.717) is 23.3 Å². The second-order valence-corrected chi connectivity index (χ2v) is 5.59. The van der Waals surface area contributed by atoms with Gasteiger partial charge in [-0.3, -0.25) is 0 Å². The molecule has 0 aliphatic heterocycles. The third-order valence-corrected chi connectivity index (χ3v) is 4.12. The van der Waals surface area contributed by atoms with Gasteiger partial charge in [0, 0.05) is 11.5 Å². The van der Waals surface area contributed by atoms with Crippen molar-refractivity contribution in [1.82, 2.24) is 9.97 Å². The molecule has 0 amide bonds. The maximum Gasteiger partial charge on any atom is 0.161 e. The molecule has 0 atom stereocenters. The van der Waals surface area contributed by atoms with Crippen molar-refractivity contribution in [3.63, 3.8) is 0 Å². The standard InChI is InChI=1S/C14H14BrN3O2/c1-20-10-6-8(4-5-9(10)19)14-17-12(7-2-3-7)11(15)13(16)18-14/h4-7,19H,2-3H2,1H3,(H2,16,17,18). The van der Waals surface area contributed by atoms with Gasteiger partial charge in [-0.15, -0.1) is 0 Å². The molecule has 1 aliphatic rings. The summed E-state index contributed by atoms with van der Waals surface area (Å²) in [6.07, 6.45) is 2.26. The Bertz CT molecular complexity index is 672. The van der Waals surface area contributed by atoms with E-state index in [4.69, 9.17) is 10.5 Å². The lowest BCUT2D eigenvalue weighted by Gasteiger charge is -2.10. The number of phenolic OH excluding ortho intramolecular Hbond substituents is 1. The Morgan fingerprint density at radius 1 is 1.35 bits per heavy atom. The largest absolute Gasteiger partial charge is 0.504 e. The van der Waals surface area contributed by atoms with Crippen LogP contribution in [0, 0.1) is 0 Å². The number of benzene rings is 1. The number of aromatic nitrogens is 2. The predicted octanol–water partition coefficient (Wildman–Crippen LogP) is 3.08. The summed E-state index contributed by atoms with van der Waals surface area (Å²) in [6, 6.07) is 5.01. The number of halogens is 1. The molecule has 0 spiro atoms. The zero-order valence-electron chi connectivity index (χ0n) is 10.9. The fourth-order valence-electron chi connectivity index (χ4n) is 2.06. The van der Waals surface area contributed by atoms with Crippen LogP contribution < -0.4 is 10.5 Å². The van der Waals surface area contributed by atoms with Crippen LogP contribution in [0.2, 0.25) is 0 Å². The van der Waals surface area contributed by atoms with Gasteiger partial charge in [-0.2, -0.15) is 0 Å². The summed E-state index contributed by atoms with van der Waals surface area (Å²) in [5, 5.41) is 9.64. The van der Waals surface area contributed by atoms with E-state index in [-0.39, 0.29) is 5.75 Å². The minimum atomic E-state index is 0.0868. The number of rotatable bonds is 3. The average Bonchev–Trinajstić information content (AvgIpc) is 3.27. The molecule has 1 saturated carbocycles. The molecular weight excluding hydrogens is 322 g/mol. The van der Waals surface area contributed by atoms with Crippen molar-refractivity contribution in [3.8, 4) is 22.9 Å². The lowest BCUT2D eigenvalue weighted by Crippen LogP contribution is -2.02. The first-order chi connectivity index (χ1) is 9.60. The molecule has 2 aromatic rings. The van der Waals surface area contributed by atoms with Gasteiger partial charge < -0.3 is 15.6 Å². The molecule has 1 aromatic carbocycles. The Kier molecular flexibility index (Phi) is 3.25. The van der Waals surface area contributed by atoms with Gasteiger partial charge in [-0.05, 0) is 47.0 Å². The molecule has 0 radical (unpaired) electrons. The summed E-state index contributed by atoms with van der Waals surface area (Å²) in [5.41, 5.74) is 7.67. The fourth-order valence-corrected chi connectivity index (χ4v) is 2.56. The fraction of sp³-hybridized carbons (Fsp3) is 0.286. The molecule has 0 unspecified atom stereocenters. The molecule has 1 fully saturated rings. The van der Waals surface area contributed by atoms with E-state index in [0.717, 1.165) is 28.6 Å². The summed E-state index contributed by atoms with van der Waals surface area (Å²) < 4.78 is 5.89. The minimum Gasteiger partial charge on any atom is -0.504 e. The molecule has 20 heavy (non-hydrogen) atoms. The monoisotopic (exact) mass is 335 g/mol. The molecule has 6 heteroatoms. The molecule has 1 heterocycles. The van der Waals surface area contributed by atoms with Crippen molar-refractivity contribution in [3.05, 3.63) is 28.4 Å². The Balaban J connectivity index is 2.10. The topological polar surface area (TPSA) is 81.3 Å². The van der Waals surface area contributed by atoms with Crippen LogP contribution in [-0.4, -0.2) is 22.2 Å². The first-order valence-corrected chi connectivity index (χ1v) is 7.09. The van der Waals surface area contributed by atoms with Gasteiger partial charge in [0.25, 0.3) is 0 Å². The highest BCUT2D eigenvalue weighted by molar-refractivity contribution is 9.10. The van der Waals surface area contributed by atoms with E-state index in [1.807, 2.05) is 0 Å². The molecule has 0 saturated heterocycles. The number of hydrogen-bond donors (Lipinski definition) is 2. The Morgan fingerprint density at radius 2 is 2.10 bits per heavy atom. The second-order valence-electron chi connectivity index (χ2n) is 4.79. The van der Waals surface area contributed by atoms with E-state index in [1.54, 1.807) is 18.2 Å². The molecule has 1 aliphatic carbocycles. The first kappa shape index (κ1) is 13.2. The van der Waals surface area contributed by atoms with Crippen LogP contribution in [0.3, 0.4) is 0 Å². The molecule has 104 valence electrons. The minimum absolute atomic E-state index is 0.0868. The van der Waals surface area contributed by atoms with Crippen LogP contribution in [0.25, 0.3) is 11.4 Å². The maximum absolute atomic E-state index is 9.64. The zero-order valence-corrected chi connectivity index (χ0v) is 12.5. The summed E-state index contributed by atoms with van der Waals surface area (Å²) in [6.45, 7) is 0. The van der Waals surface area contributed by atoms with Crippen molar-refractivity contribution >= 4 is 21.7 Å². The second kappa shape index (κ2) is 4.94. The van der Waals surface area contributed by atoms with Crippen molar-refractivity contribution < 1.29 is 9.84 Å². The van der Waals surface area contributed by atoms with E-state index in [9.17, 15) is 5.11 Å². The van der Waals surface area contributed by atoms with E-state index in [2.05, 4.69) is 25.9 Å². The number of hydrogen-bond acceptors (Lipinski definition) is 5. The third-order valence-electron chi connectivity index (χ3n) is 3.30. The van der Waals surface area contributed by atoms with Gasteiger partial charge in [0.05, 0.1) is 17.3 Å². The number of nitrogen functional groups attached to an aromatic ring is 1. The van der Waals surface area contributed by atoms with Crippen LogP contribution >= 0.6 is 15.9 Å². The van der Waals surface area contributed by atoms with Crippen molar-refractivity contribution in [2.24, 2.45) is 0 Å². The lowest BCUT2D eigenvalue weighted by molar-refractivity contribution is 0.373. The van der Waals surface area contributed by atoms with Gasteiger partial charge in [0.2, 0.25) is 0 Å². The summed E-state index contributed by atoms with van der Waals surface area (Å²) in [5.74, 6) is 1.92. The number of methoxy groups -OCH3 is 1. The van der Waals surface area contributed by atoms with Crippen molar-refractivity contribution in [2.75, 3.05) is 12.8 Å². The summed E-state index contributed by atoms with van der Waals surface area (Å²) in [7, 11) is 1.51. The zero-order chi connectivity index (χ0) is 14.3. The van der Waals surface area contributed by atoms with Gasteiger partial charge >= 0.3 is 0 Å². The summed E-state index contributed by atoms with van der Waals surface area (Å²) in [4.78, 5) is 8.90. The molecular formula is C14H14BrN3O2. The van der Waals surface area contributed by atoms with Crippen molar-refractivity contribution in [1.29, 1.82) is 0 Å². The Labute approximate surface area is 124 Å². The Morgan fingerprint density at radius 3 is 2.75 bits per heavy atom. The first-order valence-electron chi connectivity index (χ1n) is 6.30. The van der Waals surface area contributed by atoms with Crippen LogP contribution in [0.1, 0.15) is 24.5 Å². The SMILES string of the molecule is COc1cc(-c2nc(N)c(Br)c(C3CC3)n2)ccc1O. The average molecular weight is 336 g/mol. The number of ether oxygens (including phenoxy) is 1. The van der Waals surface area contributed by atoms with Crippen LogP contribution in [0.15, 0.2) is 22.7 Å². The molecule has 0 bridgehead atoms. The molecule has 3 N–H and O–H groups in total. The quantitative estimate of drug-likeness (QED) is 0.900. The van der Waals surface area contributed by atoms with Gasteiger partial charge in [0.15, 0.2) is 17.3 Å². The van der Waals surface area contributed by atoms with E-state index in [1.165, 1.54) is 7.11 Å². The smallest absolute Gasteiger partial charge is 0.161 e. The normalized spacial score (nSPS) is 14.3. The van der Waals surface area contributed by atoms with Crippen LogP contribution in [-0.2, 0) is 0 Å². The van der Waals surface area contributed by atoms with Gasteiger partial charge in [-0.25, -0.2) is 9.97 Å². The number of anilines is 1. The van der Waals surface area contributed by atoms with E-state index < -0.39 is 0 Å². The summed E-state index contributed by atoms with van der Waals surface area (Å²) >= 11 is 3.45.